The van der Waals surface area contributed by atoms with Crippen LogP contribution < -0.4 is 10.1 Å². The SMILES string of the molecule is COCCCN(CC(=O)N1CCc2sccc2[C@@H]1COc1ccccc1)C(=O)Nc1ccc(C)cc1. The molecular weight excluding hydrogens is 474 g/mol. The van der Waals surface area contributed by atoms with Gasteiger partial charge >= 0.3 is 6.03 Å². The first kappa shape index (κ1) is 25.7. The largest absolute Gasteiger partial charge is 0.491 e. The van der Waals surface area contributed by atoms with Gasteiger partial charge in [0, 0.05) is 37.4 Å². The predicted octanol–water partition coefficient (Wildman–Crippen LogP) is 5.13. The number of amides is 3. The van der Waals surface area contributed by atoms with Gasteiger partial charge < -0.3 is 24.6 Å². The molecule has 1 aliphatic rings. The third-order valence-corrected chi connectivity index (χ3v) is 7.26. The van der Waals surface area contributed by atoms with Crippen LogP contribution in [0, 0.1) is 6.92 Å². The molecule has 0 unspecified atom stereocenters. The van der Waals surface area contributed by atoms with Crippen molar-refractivity contribution >= 4 is 29.0 Å². The molecule has 1 aliphatic heterocycles. The summed E-state index contributed by atoms with van der Waals surface area (Å²) in [6.45, 7) is 3.87. The number of aryl methyl sites for hydroxylation is 1. The lowest BCUT2D eigenvalue weighted by atomic mass is 10.0. The molecule has 4 rings (SSSR count). The Bertz CT molecular complexity index is 1130. The van der Waals surface area contributed by atoms with Gasteiger partial charge in [-0.15, -0.1) is 11.3 Å². The third-order valence-electron chi connectivity index (χ3n) is 6.26. The standard InChI is InChI=1S/C28H33N3O4S/c1-21-9-11-22(12-10-21)29-28(33)30(15-6-17-34-2)19-27(32)31-16-13-26-24(14-18-36-26)25(31)20-35-23-7-4-3-5-8-23/h3-5,7-12,14,18,25H,6,13,15-17,19-20H2,1-2H3,(H,29,33)/t25-/m0/s1. The maximum atomic E-state index is 13.6. The predicted molar refractivity (Wildman–Crippen MR) is 143 cm³/mol. The number of rotatable bonds is 10. The molecule has 0 radical (unpaired) electrons. The van der Waals surface area contributed by atoms with Crippen molar-refractivity contribution < 1.29 is 19.1 Å². The maximum Gasteiger partial charge on any atom is 0.322 e. The Labute approximate surface area is 216 Å². The maximum absolute atomic E-state index is 13.6. The molecule has 0 fully saturated rings. The summed E-state index contributed by atoms with van der Waals surface area (Å²) in [6, 6.07) is 18.8. The zero-order valence-corrected chi connectivity index (χ0v) is 21.6. The van der Waals surface area contributed by atoms with Crippen molar-refractivity contribution in [3.8, 4) is 5.75 Å². The first-order valence-corrected chi connectivity index (χ1v) is 13.1. The number of urea groups is 1. The van der Waals surface area contributed by atoms with E-state index in [1.165, 1.54) is 4.88 Å². The average molecular weight is 508 g/mol. The van der Waals surface area contributed by atoms with Gasteiger partial charge in [-0.1, -0.05) is 35.9 Å². The molecular formula is C28H33N3O4S. The van der Waals surface area contributed by atoms with Crippen molar-refractivity contribution in [2.24, 2.45) is 0 Å². The van der Waals surface area contributed by atoms with Crippen LogP contribution in [0.1, 0.15) is 28.5 Å². The van der Waals surface area contributed by atoms with E-state index in [0.29, 0.717) is 38.4 Å². The highest BCUT2D eigenvalue weighted by Crippen LogP contribution is 2.34. The number of nitrogens with one attached hydrogen (secondary N) is 1. The molecule has 0 saturated carbocycles. The van der Waals surface area contributed by atoms with Crippen molar-refractivity contribution in [3.63, 3.8) is 0 Å². The monoisotopic (exact) mass is 507 g/mol. The van der Waals surface area contributed by atoms with Gasteiger partial charge in [0.15, 0.2) is 0 Å². The molecule has 3 aromatic rings. The minimum atomic E-state index is -0.298. The molecule has 1 atom stereocenters. The van der Waals surface area contributed by atoms with Gasteiger partial charge in [-0.3, -0.25) is 4.79 Å². The topological polar surface area (TPSA) is 71.1 Å². The van der Waals surface area contributed by atoms with E-state index in [1.54, 1.807) is 23.3 Å². The summed E-state index contributed by atoms with van der Waals surface area (Å²) >= 11 is 1.72. The quantitative estimate of drug-likeness (QED) is 0.386. The summed E-state index contributed by atoms with van der Waals surface area (Å²) in [7, 11) is 1.63. The lowest BCUT2D eigenvalue weighted by Gasteiger charge is -2.37. The second kappa shape index (κ2) is 12.6. The van der Waals surface area contributed by atoms with Crippen LogP contribution in [0.2, 0.25) is 0 Å². The Morgan fingerprint density at radius 3 is 2.64 bits per heavy atom. The normalized spacial score (nSPS) is 14.7. The minimum Gasteiger partial charge on any atom is -0.491 e. The molecule has 2 heterocycles. The summed E-state index contributed by atoms with van der Waals surface area (Å²) in [5, 5.41) is 5.00. The van der Waals surface area contributed by atoms with Crippen LogP contribution in [-0.4, -0.2) is 61.7 Å². The average Bonchev–Trinajstić information content (AvgIpc) is 3.38. The van der Waals surface area contributed by atoms with E-state index in [1.807, 2.05) is 66.4 Å². The number of fused-ring (bicyclic) bond motifs is 1. The zero-order chi connectivity index (χ0) is 25.3. The van der Waals surface area contributed by atoms with Gasteiger partial charge in [-0.25, -0.2) is 4.79 Å². The number of carbonyl (C=O) groups is 2. The van der Waals surface area contributed by atoms with Gasteiger partial charge in [-0.2, -0.15) is 0 Å². The summed E-state index contributed by atoms with van der Waals surface area (Å²) < 4.78 is 11.3. The molecule has 1 N–H and O–H groups in total. The van der Waals surface area contributed by atoms with Crippen LogP contribution in [0.15, 0.2) is 66.0 Å². The molecule has 8 heteroatoms. The van der Waals surface area contributed by atoms with Gasteiger partial charge in [0.2, 0.25) is 5.91 Å². The second-order valence-corrected chi connectivity index (χ2v) is 9.84. The van der Waals surface area contributed by atoms with Crippen molar-refractivity contribution in [2.45, 2.75) is 25.8 Å². The Kier molecular flexibility index (Phi) is 8.97. The minimum absolute atomic E-state index is 0.0112. The van der Waals surface area contributed by atoms with Gasteiger partial charge in [0.05, 0.1) is 6.04 Å². The van der Waals surface area contributed by atoms with Gasteiger partial charge in [0.1, 0.15) is 18.9 Å². The van der Waals surface area contributed by atoms with Crippen LogP contribution in [0.25, 0.3) is 0 Å². The first-order valence-electron chi connectivity index (χ1n) is 12.2. The third kappa shape index (κ3) is 6.65. The number of para-hydroxylation sites is 1. The van der Waals surface area contributed by atoms with E-state index in [0.717, 1.165) is 23.3 Å². The number of hydrogen-bond acceptors (Lipinski definition) is 5. The molecule has 0 bridgehead atoms. The highest BCUT2D eigenvalue weighted by atomic mass is 32.1. The number of carbonyl (C=O) groups excluding carboxylic acids is 2. The molecule has 0 saturated heterocycles. The highest BCUT2D eigenvalue weighted by molar-refractivity contribution is 7.10. The molecule has 36 heavy (non-hydrogen) atoms. The van der Waals surface area contributed by atoms with Crippen molar-refractivity contribution in [1.82, 2.24) is 9.80 Å². The number of ether oxygens (including phenoxy) is 2. The summed E-state index contributed by atoms with van der Waals surface area (Å²) in [6.07, 6.45) is 1.44. The molecule has 0 spiro atoms. The Hall–Kier alpha value is -3.36. The molecule has 3 amide bonds. The Morgan fingerprint density at radius 1 is 1.11 bits per heavy atom. The number of benzene rings is 2. The highest BCUT2D eigenvalue weighted by Gasteiger charge is 2.33. The molecule has 1 aromatic heterocycles. The van der Waals surface area contributed by atoms with E-state index in [9.17, 15) is 9.59 Å². The number of anilines is 1. The second-order valence-electron chi connectivity index (χ2n) is 8.84. The first-order chi connectivity index (χ1) is 17.5. The lowest BCUT2D eigenvalue weighted by Crippen LogP contribution is -2.49. The fraction of sp³-hybridized carbons (Fsp3) is 0.357. The van der Waals surface area contributed by atoms with Crippen LogP contribution in [0.4, 0.5) is 10.5 Å². The van der Waals surface area contributed by atoms with Gasteiger partial charge in [-0.05, 0) is 61.0 Å². The van der Waals surface area contributed by atoms with E-state index >= 15 is 0 Å². The van der Waals surface area contributed by atoms with Crippen molar-refractivity contribution in [2.75, 3.05) is 45.3 Å². The van der Waals surface area contributed by atoms with Crippen LogP contribution >= 0.6 is 11.3 Å². The van der Waals surface area contributed by atoms with E-state index < -0.39 is 0 Å². The molecule has 7 nitrogen and oxygen atoms in total. The summed E-state index contributed by atoms with van der Waals surface area (Å²) in [4.78, 5) is 31.5. The zero-order valence-electron chi connectivity index (χ0n) is 20.8. The summed E-state index contributed by atoms with van der Waals surface area (Å²) in [5.74, 6) is 0.677. The molecule has 0 aliphatic carbocycles. The van der Waals surface area contributed by atoms with Crippen molar-refractivity contribution in [3.05, 3.63) is 82.0 Å². The van der Waals surface area contributed by atoms with E-state index in [4.69, 9.17) is 9.47 Å². The Balaban J connectivity index is 1.47. The number of hydrogen-bond donors (Lipinski definition) is 1. The number of thiophene rings is 1. The Morgan fingerprint density at radius 2 is 1.89 bits per heavy atom. The van der Waals surface area contributed by atoms with Gasteiger partial charge in [0.25, 0.3) is 0 Å². The smallest absolute Gasteiger partial charge is 0.322 e. The number of methoxy groups -OCH3 is 1. The molecule has 190 valence electrons. The fourth-order valence-corrected chi connectivity index (χ4v) is 5.24. The van der Waals surface area contributed by atoms with E-state index in [2.05, 4.69) is 16.8 Å². The van der Waals surface area contributed by atoms with Crippen LogP contribution in [0.5, 0.6) is 5.75 Å². The van der Waals surface area contributed by atoms with Crippen LogP contribution in [0.3, 0.4) is 0 Å². The van der Waals surface area contributed by atoms with Crippen LogP contribution in [-0.2, 0) is 16.0 Å². The van der Waals surface area contributed by atoms with Crippen molar-refractivity contribution in [1.29, 1.82) is 0 Å². The number of nitrogens with zero attached hydrogens (tertiary/aromatic N) is 2. The molecule has 2 aromatic carbocycles. The summed E-state index contributed by atoms with van der Waals surface area (Å²) in [5.41, 5.74) is 2.94. The fourth-order valence-electron chi connectivity index (χ4n) is 4.31. The lowest BCUT2D eigenvalue weighted by molar-refractivity contribution is -0.135. The van der Waals surface area contributed by atoms with E-state index in [-0.39, 0.29) is 24.5 Å².